The fourth-order valence-corrected chi connectivity index (χ4v) is 2.03. The van der Waals surface area contributed by atoms with E-state index in [0.29, 0.717) is 5.56 Å². The van der Waals surface area contributed by atoms with Crippen LogP contribution in [0.5, 0.6) is 0 Å². The van der Waals surface area contributed by atoms with Gasteiger partial charge in [-0.2, -0.15) is 5.26 Å². The van der Waals surface area contributed by atoms with E-state index in [9.17, 15) is 0 Å². The van der Waals surface area contributed by atoms with Gasteiger partial charge in [0.15, 0.2) is 0 Å². The molecule has 0 unspecified atom stereocenters. The Bertz CT molecular complexity index is 582. The molecule has 0 spiro atoms. The molecule has 0 bridgehead atoms. The lowest BCUT2D eigenvalue weighted by Gasteiger charge is -2.23. The molecule has 19 heavy (non-hydrogen) atoms. The number of benzene rings is 2. The molecule has 0 amide bonds. The molecule has 3 heteroatoms. The molecule has 0 atom stereocenters. The third kappa shape index (κ3) is 3.26. The average molecular weight is 251 g/mol. The highest BCUT2D eigenvalue weighted by atomic mass is 15.1. The van der Waals surface area contributed by atoms with Crippen LogP contribution in [0.15, 0.2) is 48.5 Å². The Hall–Kier alpha value is -2.47. The zero-order chi connectivity index (χ0) is 13.7. The van der Waals surface area contributed by atoms with Gasteiger partial charge in [0.2, 0.25) is 0 Å². The number of anilines is 2. The molecule has 0 aliphatic carbocycles. The Morgan fingerprint density at radius 2 is 1.89 bits per heavy atom. The molecule has 3 nitrogen and oxygen atoms in total. The largest absolute Gasteiger partial charge is 0.399 e. The van der Waals surface area contributed by atoms with E-state index in [4.69, 9.17) is 11.0 Å². The molecule has 0 radical (unpaired) electrons. The Balaban J connectivity index is 2.19. The molecule has 2 N–H and O–H groups in total. The molecule has 0 heterocycles. The van der Waals surface area contributed by atoms with Crippen molar-refractivity contribution >= 4 is 11.4 Å². The van der Waals surface area contributed by atoms with E-state index in [1.807, 2.05) is 48.5 Å². The lowest BCUT2D eigenvalue weighted by molar-refractivity contribution is 0.832. The van der Waals surface area contributed by atoms with Crippen LogP contribution in [0.1, 0.15) is 18.1 Å². The van der Waals surface area contributed by atoms with E-state index in [1.165, 1.54) is 0 Å². The predicted octanol–water partition coefficient (Wildman–Crippen LogP) is 3.17. The maximum Gasteiger partial charge on any atom is 0.0991 e. The summed E-state index contributed by atoms with van der Waals surface area (Å²) in [4.78, 5) is 2.25. The molecular weight excluding hydrogens is 234 g/mol. The van der Waals surface area contributed by atoms with Crippen LogP contribution in [0.4, 0.5) is 11.4 Å². The normalized spacial score (nSPS) is 9.89. The van der Waals surface area contributed by atoms with E-state index < -0.39 is 0 Å². The summed E-state index contributed by atoms with van der Waals surface area (Å²) in [6.07, 6.45) is 0. The second-order valence-electron chi connectivity index (χ2n) is 4.42. The fourth-order valence-electron chi connectivity index (χ4n) is 2.03. The molecule has 2 rings (SSSR count). The Morgan fingerprint density at radius 3 is 2.53 bits per heavy atom. The second kappa shape index (κ2) is 5.92. The third-order valence-electron chi connectivity index (χ3n) is 3.07. The summed E-state index contributed by atoms with van der Waals surface area (Å²) in [6.45, 7) is 3.81. The number of rotatable bonds is 4. The van der Waals surface area contributed by atoms with Crippen LogP contribution >= 0.6 is 0 Å². The van der Waals surface area contributed by atoms with E-state index >= 15 is 0 Å². The Kier molecular flexibility index (Phi) is 4.04. The summed E-state index contributed by atoms with van der Waals surface area (Å²) in [7, 11) is 0. The smallest absolute Gasteiger partial charge is 0.0991 e. The number of nitrogens with zero attached hydrogens (tertiary/aromatic N) is 2. The van der Waals surface area contributed by atoms with Gasteiger partial charge in [0, 0.05) is 24.5 Å². The zero-order valence-corrected chi connectivity index (χ0v) is 11.0. The van der Waals surface area contributed by atoms with Crippen molar-refractivity contribution in [3.05, 3.63) is 59.7 Å². The van der Waals surface area contributed by atoms with Crippen molar-refractivity contribution in [3.8, 4) is 6.07 Å². The van der Waals surface area contributed by atoms with Crippen molar-refractivity contribution in [2.45, 2.75) is 13.5 Å². The number of hydrogen-bond donors (Lipinski definition) is 1. The Morgan fingerprint density at radius 1 is 1.16 bits per heavy atom. The van der Waals surface area contributed by atoms with Gasteiger partial charge in [0.05, 0.1) is 11.6 Å². The topological polar surface area (TPSA) is 53.0 Å². The SMILES string of the molecule is CCN(Cc1cccc(C#N)c1)c1ccc(N)cc1. The van der Waals surface area contributed by atoms with E-state index in [1.54, 1.807) is 0 Å². The Labute approximate surface area is 113 Å². The summed E-state index contributed by atoms with van der Waals surface area (Å²) in [5, 5.41) is 8.92. The summed E-state index contributed by atoms with van der Waals surface area (Å²) in [6, 6.07) is 17.7. The van der Waals surface area contributed by atoms with Gasteiger partial charge >= 0.3 is 0 Å². The van der Waals surface area contributed by atoms with Gasteiger partial charge in [0.25, 0.3) is 0 Å². The minimum absolute atomic E-state index is 0.700. The minimum Gasteiger partial charge on any atom is -0.399 e. The van der Waals surface area contributed by atoms with Gasteiger partial charge in [-0.25, -0.2) is 0 Å². The van der Waals surface area contributed by atoms with Crippen LogP contribution in [0.25, 0.3) is 0 Å². The van der Waals surface area contributed by atoms with Crippen LogP contribution in [-0.2, 0) is 6.54 Å². The highest BCUT2D eigenvalue weighted by Crippen LogP contribution is 2.19. The molecule has 2 aromatic carbocycles. The molecule has 0 aliphatic rings. The molecule has 0 fully saturated rings. The highest BCUT2D eigenvalue weighted by Gasteiger charge is 2.05. The molecule has 0 aromatic heterocycles. The first-order chi connectivity index (χ1) is 9.22. The van der Waals surface area contributed by atoms with Gasteiger partial charge in [-0.3, -0.25) is 0 Å². The first-order valence-electron chi connectivity index (χ1n) is 6.32. The van der Waals surface area contributed by atoms with Crippen LogP contribution < -0.4 is 10.6 Å². The van der Waals surface area contributed by atoms with Crippen LogP contribution in [-0.4, -0.2) is 6.54 Å². The molecule has 0 saturated heterocycles. The standard InChI is InChI=1S/C16H17N3/c1-2-19(16-8-6-15(18)7-9-16)12-14-5-3-4-13(10-14)11-17/h3-10H,2,12,18H2,1H3. The molecule has 0 aliphatic heterocycles. The van der Waals surface area contributed by atoms with E-state index in [2.05, 4.69) is 17.9 Å². The first-order valence-corrected chi connectivity index (χ1v) is 6.32. The van der Waals surface area contributed by atoms with Gasteiger partial charge in [0.1, 0.15) is 0 Å². The fraction of sp³-hybridized carbons (Fsp3) is 0.188. The highest BCUT2D eigenvalue weighted by molar-refractivity contribution is 5.53. The van der Waals surface area contributed by atoms with Crippen molar-refractivity contribution in [2.75, 3.05) is 17.2 Å². The van der Waals surface area contributed by atoms with Crippen molar-refractivity contribution < 1.29 is 0 Å². The maximum atomic E-state index is 8.92. The lowest BCUT2D eigenvalue weighted by atomic mass is 10.1. The van der Waals surface area contributed by atoms with Crippen LogP contribution in [0.3, 0.4) is 0 Å². The lowest BCUT2D eigenvalue weighted by Crippen LogP contribution is -2.21. The zero-order valence-electron chi connectivity index (χ0n) is 11.0. The molecular formula is C16H17N3. The molecule has 0 saturated carbocycles. The third-order valence-corrected chi connectivity index (χ3v) is 3.07. The van der Waals surface area contributed by atoms with E-state index in [-0.39, 0.29) is 0 Å². The number of nitrogens with two attached hydrogens (primary N) is 1. The molecule has 2 aromatic rings. The van der Waals surface area contributed by atoms with Crippen molar-refractivity contribution in [3.63, 3.8) is 0 Å². The van der Waals surface area contributed by atoms with Crippen molar-refractivity contribution in [1.82, 2.24) is 0 Å². The van der Waals surface area contributed by atoms with Gasteiger partial charge in [-0.05, 0) is 48.9 Å². The average Bonchev–Trinajstić information content (AvgIpc) is 2.46. The summed E-state index contributed by atoms with van der Waals surface area (Å²) in [5.74, 6) is 0. The summed E-state index contributed by atoms with van der Waals surface area (Å²) < 4.78 is 0. The second-order valence-corrected chi connectivity index (χ2v) is 4.42. The quantitative estimate of drug-likeness (QED) is 0.849. The number of hydrogen-bond acceptors (Lipinski definition) is 3. The van der Waals surface area contributed by atoms with Gasteiger partial charge in [-0.1, -0.05) is 12.1 Å². The summed E-state index contributed by atoms with van der Waals surface area (Å²) >= 11 is 0. The maximum absolute atomic E-state index is 8.92. The van der Waals surface area contributed by atoms with Crippen LogP contribution in [0.2, 0.25) is 0 Å². The van der Waals surface area contributed by atoms with Crippen molar-refractivity contribution in [1.29, 1.82) is 5.26 Å². The van der Waals surface area contributed by atoms with Gasteiger partial charge < -0.3 is 10.6 Å². The number of nitriles is 1. The monoisotopic (exact) mass is 251 g/mol. The van der Waals surface area contributed by atoms with Crippen molar-refractivity contribution in [2.24, 2.45) is 0 Å². The van der Waals surface area contributed by atoms with Gasteiger partial charge in [-0.15, -0.1) is 0 Å². The van der Waals surface area contributed by atoms with E-state index in [0.717, 1.165) is 30.0 Å². The first kappa shape index (κ1) is 13.0. The minimum atomic E-state index is 0.700. The van der Waals surface area contributed by atoms with Crippen LogP contribution in [0, 0.1) is 11.3 Å². The number of nitrogen functional groups attached to an aromatic ring is 1. The summed E-state index contributed by atoms with van der Waals surface area (Å²) in [5.41, 5.74) is 9.45. The predicted molar refractivity (Wildman–Crippen MR) is 78.7 cm³/mol. The molecule has 96 valence electrons.